The minimum atomic E-state index is -2.90. The first-order chi connectivity index (χ1) is 20.4. The number of piperazine rings is 1. The molecule has 0 unspecified atom stereocenters. The van der Waals surface area contributed by atoms with E-state index in [0.717, 1.165) is 0 Å². The first-order valence-corrected chi connectivity index (χ1v) is 14.4. The van der Waals surface area contributed by atoms with Crippen molar-refractivity contribution in [2.45, 2.75) is 58.4 Å². The number of morpholine rings is 1. The molecule has 13 heteroatoms. The van der Waals surface area contributed by atoms with Gasteiger partial charge in [-0.25, -0.2) is 27.5 Å². The highest BCUT2D eigenvalue weighted by Gasteiger charge is 2.33. The van der Waals surface area contributed by atoms with E-state index < -0.39 is 35.1 Å². The molecule has 0 radical (unpaired) electrons. The molecule has 4 atom stereocenters. The van der Waals surface area contributed by atoms with Gasteiger partial charge < -0.3 is 25.2 Å². The van der Waals surface area contributed by atoms with Crippen LogP contribution >= 0.6 is 0 Å². The molecule has 1 amide bonds. The number of rotatable bonds is 6. The molecule has 3 aliphatic rings. The highest BCUT2D eigenvalue weighted by atomic mass is 19.3. The van der Waals surface area contributed by atoms with Crippen molar-refractivity contribution in [3.8, 4) is 11.1 Å². The highest BCUT2D eigenvalue weighted by Crippen LogP contribution is 2.40. The van der Waals surface area contributed by atoms with E-state index in [0.29, 0.717) is 32.1 Å². The van der Waals surface area contributed by atoms with Gasteiger partial charge >= 0.3 is 0 Å². The van der Waals surface area contributed by atoms with Gasteiger partial charge in [0.25, 0.3) is 12.3 Å². The van der Waals surface area contributed by atoms with Crippen molar-refractivity contribution >= 4 is 23.2 Å². The molecule has 0 saturated carbocycles. The third-order valence-corrected chi connectivity index (χ3v) is 8.24. The Morgan fingerprint density at radius 3 is 2.26 bits per heavy atom. The quantitative estimate of drug-likeness (QED) is 0.476. The molecule has 232 valence electrons. The number of alkyl halides is 2. The standard InChI is InChI=1S/C30H37F4N7O2/c1-16-12-40(13-17(2)39(16)5)24-8-23(31)25(20-9-36-30(37-10-20)41-14-18(3)43-19(4)15-41)26(32)27(24)38-29(42)22-11-35-7-6-21(22)28(33)34/h6,8-11,16-19,28,35H,7,12-15H2,1-5H3,(H,38,42)/t16-,17+,18-,19+. The van der Waals surface area contributed by atoms with Crippen molar-refractivity contribution in [1.82, 2.24) is 20.2 Å². The van der Waals surface area contributed by atoms with E-state index in [-0.39, 0.29) is 53.3 Å². The van der Waals surface area contributed by atoms with Gasteiger partial charge in [0.05, 0.1) is 29.0 Å². The predicted octanol–water partition coefficient (Wildman–Crippen LogP) is 4.18. The molecule has 0 bridgehead atoms. The van der Waals surface area contributed by atoms with E-state index in [4.69, 9.17) is 4.74 Å². The summed E-state index contributed by atoms with van der Waals surface area (Å²) in [5, 5.41) is 5.25. The molecule has 9 nitrogen and oxygen atoms in total. The van der Waals surface area contributed by atoms with Gasteiger partial charge in [0.2, 0.25) is 5.95 Å². The number of aromatic nitrogens is 2. The summed E-state index contributed by atoms with van der Waals surface area (Å²) in [4.78, 5) is 28.0. The SMILES string of the molecule is C[C@@H]1CN(c2ncc(-c3c(F)cc(N4C[C@@H](C)N(C)[C@@H](C)C4)c(NC(=O)C4=CNCC=C4C(F)F)c3F)cn2)C[C@H](C)O1. The highest BCUT2D eigenvalue weighted by molar-refractivity contribution is 6.09. The average molecular weight is 604 g/mol. The van der Waals surface area contributed by atoms with Crippen LogP contribution in [0.3, 0.4) is 0 Å². The second-order valence-corrected chi connectivity index (χ2v) is 11.5. The number of halogens is 4. The summed E-state index contributed by atoms with van der Waals surface area (Å²) >= 11 is 0. The zero-order valence-corrected chi connectivity index (χ0v) is 24.9. The van der Waals surface area contributed by atoms with Crippen LogP contribution in [0.1, 0.15) is 27.7 Å². The van der Waals surface area contributed by atoms with Crippen molar-refractivity contribution in [3.05, 3.63) is 53.5 Å². The van der Waals surface area contributed by atoms with Crippen LogP contribution in [0.4, 0.5) is 34.9 Å². The third kappa shape index (κ3) is 6.32. The van der Waals surface area contributed by atoms with Crippen molar-refractivity contribution in [2.24, 2.45) is 0 Å². The van der Waals surface area contributed by atoms with Crippen LogP contribution in [0.5, 0.6) is 0 Å². The Kier molecular flexibility index (Phi) is 8.93. The van der Waals surface area contributed by atoms with Crippen molar-refractivity contribution in [2.75, 3.05) is 54.9 Å². The van der Waals surface area contributed by atoms with Gasteiger partial charge in [-0.05, 0) is 34.7 Å². The van der Waals surface area contributed by atoms with Crippen LogP contribution in [-0.4, -0.2) is 91.3 Å². The van der Waals surface area contributed by atoms with Crippen molar-refractivity contribution in [3.63, 3.8) is 0 Å². The fourth-order valence-electron chi connectivity index (χ4n) is 5.90. The number of hydrogen-bond donors (Lipinski definition) is 2. The predicted molar refractivity (Wildman–Crippen MR) is 157 cm³/mol. The maximum atomic E-state index is 16.5. The molecular formula is C30H37F4N7O2. The molecule has 5 rings (SSSR count). The second-order valence-electron chi connectivity index (χ2n) is 11.5. The van der Waals surface area contributed by atoms with Gasteiger partial charge in [-0.1, -0.05) is 6.08 Å². The van der Waals surface area contributed by atoms with Crippen LogP contribution in [0.2, 0.25) is 0 Å². The van der Waals surface area contributed by atoms with E-state index in [1.54, 1.807) is 4.90 Å². The lowest BCUT2D eigenvalue weighted by Gasteiger charge is -2.44. The van der Waals surface area contributed by atoms with Gasteiger partial charge in [-0.2, -0.15) is 0 Å². The van der Waals surface area contributed by atoms with Crippen molar-refractivity contribution in [1.29, 1.82) is 0 Å². The Morgan fingerprint density at radius 1 is 1.02 bits per heavy atom. The minimum absolute atomic E-state index is 0.0319. The maximum Gasteiger partial charge on any atom is 0.264 e. The molecule has 2 saturated heterocycles. The summed E-state index contributed by atoms with van der Waals surface area (Å²) in [6.45, 7) is 10.0. The number of amides is 1. The first-order valence-electron chi connectivity index (χ1n) is 14.4. The molecule has 43 heavy (non-hydrogen) atoms. The third-order valence-electron chi connectivity index (χ3n) is 8.24. The van der Waals surface area contributed by atoms with Gasteiger partial charge in [0.15, 0.2) is 5.82 Å². The number of nitrogens with zero attached hydrogens (tertiary/aromatic N) is 5. The van der Waals surface area contributed by atoms with E-state index in [1.165, 1.54) is 30.7 Å². The Labute approximate surface area is 248 Å². The molecule has 4 heterocycles. The minimum Gasteiger partial charge on any atom is -0.387 e. The smallest absolute Gasteiger partial charge is 0.264 e. The summed E-state index contributed by atoms with van der Waals surface area (Å²) in [5.74, 6) is -2.44. The van der Waals surface area contributed by atoms with Crippen LogP contribution in [0.15, 0.2) is 41.9 Å². The Balaban J connectivity index is 1.54. The van der Waals surface area contributed by atoms with Gasteiger partial charge in [-0.3, -0.25) is 9.69 Å². The number of benzene rings is 1. The lowest BCUT2D eigenvalue weighted by molar-refractivity contribution is -0.112. The van der Waals surface area contributed by atoms with Crippen LogP contribution in [0, 0.1) is 11.6 Å². The molecule has 2 aromatic rings. The molecule has 2 fully saturated rings. The van der Waals surface area contributed by atoms with Crippen LogP contribution < -0.4 is 20.4 Å². The molecule has 3 aliphatic heterocycles. The largest absolute Gasteiger partial charge is 0.387 e. The number of dihydropyridines is 1. The molecule has 1 aromatic heterocycles. The lowest BCUT2D eigenvalue weighted by Crippen LogP contribution is -2.55. The fourth-order valence-corrected chi connectivity index (χ4v) is 5.90. The van der Waals surface area contributed by atoms with Crippen LogP contribution in [-0.2, 0) is 9.53 Å². The summed E-state index contributed by atoms with van der Waals surface area (Å²) in [6, 6.07) is 1.27. The Bertz CT molecular complexity index is 1400. The maximum absolute atomic E-state index is 16.5. The zero-order chi connectivity index (χ0) is 31.0. The monoisotopic (exact) mass is 603 g/mol. The molecular weight excluding hydrogens is 566 g/mol. The summed E-state index contributed by atoms with van der Waals surface area (Å²) in [5.41, 5.74) is -1.31. The number of likely N-dealkylation sites (N-methyl/N-ethyl adjacent to an activating group) is 1. The van der Waals surface area contributed by atoms with E-state index in [9.17, 15) is 13.6 Å². The normalized spacial score (nSPS) is 24.9. The fraction of sp³-hybridized carbons (Fsp3) is 0.500. The second kappa shape index (κ2) is 12.5. The van der Waals surface area contributed by atoms with E-state index >= 15 is 8.78 Å². The topological polar surface area (TPSA) is 85.9 Å². The average Bonchev–Trinajstić information content (AvgIpc) is 2.96. The Morgan fingerprint density at radius 2 is 1.65 bits per heavy atom. The van der Waals surface area contributed by atoms with Gasteiger partial charge in [0.1, 0.15) is 11.5 Å². The van der Waals surface area contributed by atoms with Crippen molar-refractivity contribution < 1.29 is 27.1 Å². The number of anilines is 3. The molecule has 0 aliphatic carbocycles. The Hall–Kier alpha value is -3.71. The van der Waals surface area contributed by atoms with E-state index in [2.05, 4.69) is 25.5 Å². The number of carbonyl (C=O) groups is 1. The van der Waals surface area contributed by atoms with Gasteiger partial charge in [0, 0.05) is 80.6 Å². The summed E-state index contributed by atoms with van der Waals surface area (Å²) < 4.78 is 65.5. The zero-order valence-electron chi connectivity index (χ0n) is 24.9. The van der Waals surface area contributed by atoms with E-state index in [1.807, 2.05) is 39.6 Å². The number of hydrogen-bond acceptors (Lipinski definition) is 8. The van der Waals surface area contributed by atoms with Gasteiger partial charge in [-0.15, -0.1) is 0 Å². The summed E-state index contributed by atoms with van der Waals surface area (Å²) in [6.07, 6.45) is 2.10. The molecule has 2 N–H and O–H groups in total. The number of nitrogens with one attached hydrogen (secondary N) is 2. The summed E-state index contributed by atoms with van der Waals surface area (Å²) in [7, 11) is 1.97. The lowest BCUT2D eigenvalue weighted by atomic mass is 10.0. The van der Waals surface area contributed by atoms with Crippen LogP contribution in [0.25, 0.3) is 11.1 Å². The molecule has 0 spiro atoms. The first kappa shape index (κ1) is 30.7. The number of carbonyl (C=O) groups excluding carboxylic acids is 1. The number of ether oxygens (including phenoxy) is 1. The molecule has 1 aromatic carbocycles.